The first-order valence-corrected chi connectivity index (χ1v) is 17.0. The van der Waals surface area contributed by atoms with Crippen LogP contribution in [-0.2, 0) is 14.3 Å². The van der Waals surface area contributed by atoms with Gasteiger partial charge >= 0.3 is 0 Å². The molecule has 6 N–H and O–H groups in total. The lowest BCUT2D eigenvalue weighted by Gasteiger charge is -2.40. The Bertz CT molecular complexity index is 731. The number of amides is 1. The average Bonchev–Trinajstić information content (AvgIpc) is 3.00. The maximum Gasteiger partial charge on any atom is 0.220 e. The number of aliphatic hydroxyl groups is 5. The molecule has 0 spiro atoms. The Balaban J connectivity index is 2.43. The molecule has 43 heavy (non-hydrogen) atoms. The van der Waals surface area contributed by atoms with Crippen LogP contribution in [0.4, 0.5) is 0 Å². The summed E-state index contributed by atoms with van der Waals surface area (Å²) in [5, 5.41) is 53.6. The standard InChI is InChI=1S/C34H63NO8/c1-3-5-7-9-11-12-13-14-15-16-17-18-20-22-24-30(38)35-27(28(37)23-21-19-10-8-6-4-2)26-42-34-33(41)32(40)31(39)29(25-36)43-34/h9,11,13-14,27-29,31-34,36-37,39-41H,3-8,10,12,15-26H2,1-2H3,(H,35,38)/b11-9-,14-13-. The van der Waals surface area contributed by atoms with Crippen LogP contribution in [0.2, 0.25) is 0 Å². The van der Waals surface area contributed by atoms with Crippen molar-refractivity contribution in [2.75, 3.05) is 13.2 Å². The van der Waals surface area contributed by atoms with Crippen molar-refractivity contribution in [1.82, 2.24) is 5.32 Å². The second-order valence-electron chi connectivity index (χ2n) is 12.0. The molecule has 9 nitrogen and oxygen atoms in total. The summed E-state index contributed by atoms with van der Waals surface area (Å²) in [7, 11) is 0. The van der Waals surface area contributed by atoms with E-state index in [1.165, 1.54) is 38.5 Å². The number of allylic oxidation sites excluding steroid dienone is 4. The molecule has 1 saturated heterocycles. The van der Waals surface area contributed by atoms with Crippen LogP contribution in [0.3, 0.4) is 0 Å². The van der Waals surface area contributed by atoms with E-state index in [1.54, 1.807) is 0 Å². The molecule has 1 aliphatic heterocycles. The Morgan fingerprint density at radius 2 is 1.40 bits per heavy atom. The lowest BCUT2D eigenvalue weighted by molar-refractivity contribution is -0.302. The molecule has 252 valence electrons. The topological polar surface area (TPSA) is 149 Å². The van der Waals surface area contributed by atoms with Crippen LogP contribution in [0.25, 0.3) is 0 Å². The van der Waals surface area contributed by atoms with Crippen LogP contribution >= 0.6 is 0 Å². The van der Waals surface area contributed by atoms with E-state index < -0.39 is 49.5 Å². The zero-order valence-electron chi connectivity index (χ0n) is 27.0. The Hall–Kier alpha value is -1.33. The molecule has 0 aromatic rings. The molecule has 1 rings (SSSR count). The fraction of sp³-hybridized carbons (Fsp3) is 0.853. The van der Waals surface area contributed by atoms with Crippen molar-refractivity contribution in [2.24, 2.45) is 0 Å². The summed E-state index contributed by atoms with van der Waals surface area (Å²) in [5.41, 5.74) is 0. The monoisotopic (exact) mass is 613 g/mol. The Labute approximate surface area is 260 Å². The zero-order valence-corrected chi connectivity index (χ0v) is 27.0. The normalized spacial score (nSPS) is 24.1. The van der Waals surface area contributed by atoms with E-state index in [1.807, 2.05) is 0 Å². The highest BCUT2D eigenvalue weighted by Gasteiger charge is 2.44. The molecule has 0 radical (unpaired) electrons. The van der Waals surface area contributed by atoms with Gasteiger partial charge in [0.15, 0.2) is 6.29 Å². The van der Waals surface area contributed by atoms with E-state index in [-0.39, 0.29) is 12.5 Å². The third-order valence-electron chi connectivity index (χ3n) is 8.06. The van der Waals surface area contributed by atoms with Gasteiger partial charge in [0.05, 0.1) is 25.4 Å². The lowest BCUT2D eigenvalue weighted by atomic mass is 9.99. The molecule has 0 aliphatic carbocycles. The predicted molar refractivity (Wildman–Crippen MR) is 170 cm³/mol. The van der Waals surface area contributed by atoms with Gasteiger partial charge in [0, 0.05) is 6.42 Å². The number of ether oxygens (including phenoxy) is 2. The highest BCUT2D eigenvalue weighted by molar-refractivity contribution is 5.76. The Morgan fingerprint density at radius 1 is 0.791 bits per heavy atom. The Morgan fingerprint density at radius 3 is 2.07 bits per heavy atom. The molecule has 1 fully saturated rings. The predicted octanol–water partition coefficient (Wildman–Crippen LogP) is 4.82. The second-order valence-corrected chi connectivity index (χ2v) is 12.0. The molecule has 0 aromatic heterocycles. The summed E-state index contributed by atoms with van der Waals surface area (Å²) in [6, 6.07) is -0.719. The van der Waals surface area contributed by atoms with Crippen LogP contribution in [0.5, 0.6) is 0 Å². The number of rotatable bonds is 26. The first-order valence-electron chi connectivity index (χ1n) is 17.0. The van der Waals surface area contributed by atoms with Crippen molar-refractivity contribution in [2.45, 2.75) is 172 Å². The van der Waals surface area contributed by atoms with E-state index in [2.05, 4.69) is 43.5 Å². The van der Waals surface area contributed by atoms with Crippen LogP contribution in [0.15, 0.2) is 24.3 Å². The SMILES string of the molecule is CCCC/C=C\C/C=C\CCCCCCCC(=O)NC(COC1OC(CO)C(O)C(O)C1O)C(O)CCCCCCCC. The summed E-state index contributed by atoms with van der Waals surface area (Å²) < 4.78 is 11.1. The molecule has 0 bridgehead atoms. The van der Waals surface area contributed by atoms with Gasteiger partial charge in [0.25, 0.3) is 0 Å². The second kappa shape index (κ2) is 25.9. The van der Waals surface area contributed by atoms with Crippen LogP contribution < -0.4 is 5.32 Å². The fourth-order valence-corrected chi connectivity index (χ4v) is 5.17. The number of carbonyl (C=O) groups excluding carboxylic acids is 1. The van der Waals surface area contributed by atoms with Gasteiger partial charge in [-0.25, -0.2) is 0 Å². The minimum Gasteiger partial charge on any atom is -0.394 e. The van der Waals surface area contributed by atoms with Crippen molar-refractivity contribution in [3.8, 4) is 0 Å². The van der Waals surface area contributed by atoms with Gasteiger partial charge in [-0.3, -0.25) is 4.79 Å². The molecule has 1 amide bonds. The lowest BCUT2D eigenvalue weighted by Crippen LogP contribution is -2.60. The van der Waals surface area contributed by atoms with Crippen molar-refractivity contribution in [3.63, 3.8) is 0 Å². The van der Waals surface area contributed by atoms with Gasteiger partial charge in [-0.1, -0.05) is 109 Å². The summed E-state index contributed by atoms with van der Waals surface area (Å²) in [4.78, 5) is 12.8. The summed E-state index contributed by atoms with van der Waals surface area (Å²) in [5.74, 6) is -0.167. The quantitative estimate of drug-likeness (QED) is 0.0601. The number of aliphatic hydroxyl groups excluding tert-OH is 5. The first-order chi connectivity index (χ1) is 20.8. The highest BCUT2D eigenvalue weighted by Crippen LogP contribution is 2.22. The van der Waals surface area contributed by atoms with Gasteiger partial charge in [-0.2, -0.15) is 0 Å². The van der Waals surface area contributed by atoms with Crippen LogP contribution in [0, 0.1) is 0 Å². The van der Waals surface area contributed by atoms with Gasteiger partial charge in [0.2, 0.25) is 5.91 Å². The van der Waals surface area contributed by atoms with E-state index in [0.29, 0.717) is 12.8 Å². The first kappa shape index (κ1) is 39.7. The summed E-state index contributed by atoms with van der Waals surface area (Å²) in [6.07, 6.45) is 19.3. The van der Waals surface area contributed by atoms with Gasteiger partial charge in [-0.15, -0.1) is 0 Å². The molecular formula is C34H63NO8. The van der Waals surface area contributed by atoms with Gasteiger partial charge in [-0.05, 0) is 38.5 Å². The van der Waals surface area contributed by atoms with Gasteiger partial charge in [0.1, 0.15) is 24.4 Å². The van der Waals surface area contributed by atoms with Crippen molar-refractivity contribution in [3.05, 3.63) is 24.3 Å². The van der Waals surface area contributed by atoms with E-state index in [9.17, 15) is 30.3 Å². The van der Waals surface area contributed by atoms with Crippen molar-refractivity contribution < 1.29 is 39.8 Å². The third kappa shape index (κ3) is 18.3. The van der Waals surface area contributed by atoms with E-state index in [4.69, 9.17) is 9.47 Å². The van der Waals surface area contributed by atoms with Crippen molar-refractivity contribution in [1.29, 1.82) is 0 Å². The summed E-state index contributed by atoms with van der Waals surface area (Å²) >= 11 is 0. The number of unbranched alkanes of at least 4 members (excludes halogenated alkanes) is 12. The molecule has 0 saturated carbocycles. The zero-order chi connectivity index (χ0) is 31.7. The van der Waals surface area contributed by atoms with E-state index >= 15 is 0 Å². The molecule has 7 unspecified atom stereocenters. The maximum atomic E-state index is 12.8. The number of hydrogen-bond donors (Lipinski definition) is 6. The number of nitrogens with one attached hydrogen (secondary N) is 1. The Kier molecular flexibility index (Phi) is 23.9. The molecular weight excluding hydrogens is 550 g/mol. The van der Waals surface area contributed by atoms with E-state index in [0.717, 1.165) is 64.2 Å². The molecule has 0 aromatic carbocycles. The van der Waals surface area contributed by atoms with Crippen molar-refractivity contribution >= 4 is 5.91 Å². The average molecular weight is 614 g/mol. The van der Waals surface area contributed by atoms with Crippen LogP contribution in [0.1, 0.15) is 129 Å². The smallest absolute Gasteiger partial charge is 0.220 e. The highest BCUT2D eigenvalue weighted by atomic mass is 16.7. The molecule has 1 aliphatic rings. The fourth-order valence-electron chi connectivity index (χ4n) is 5.17. The molecule has 1 heterocycles. The minimum absolute atomic E-state index is 0.145. The minimum atomic E-state index is -1.55. The number of hydrogen-bond acceptors (Lipinski definition) is 8. The number of carbonyl (C=O) groups is 1. The molecule has 7 atom stereocenters. The molecule has 9 heteroatoms. The summed E-state index contributed by atoms with van der Waals surface area (Å²) in [6.45, 7) is 3.67. The largest absolute Gasteiger partial charge is 0.394 e. The third-order valence-corrected chi connectivity index (χ3v) is 8.06. The maximum absolute atomic E-state index is 12.8. The van der Waals surface area contributed by atoms with Crippen LogP contribution in [-0.4, -0.2) is 87.5 Å². The van der Waals surface area contributed by atoms with Gasteiger partial charge < -0.3 is 40.3 Å².